The molecule has 61 valence electrons. The third-order valence-electron chi connectivity index (χ3n) is 2.37. The number of carboxylic acids is 1. The first-order chi connectivity index (χ1) is 4.70. The quantitative estimate of drug-likeness (QED) is 0.773. The maximum Gasteiger partial charge on any atom is 0.306 e. The van der Waals surface area contributed by atoms with Crippen molar-refractivity contribution in [1.29, 1.82) is 0 Å². The van der Waals surface area contributed by atoms with Gasteiger partial charge in [0.15, 0.2) is 0 Å². The van der Waals surface area contributed by atoms with E-state index in [4.69, 9.17) is 5.11 Å². The molecule has 0 saturated heterocycles. The second-order valence-corrected chi connectivity index (χ2v) is 3.30. The molecule has 1 saturated carbocycles. The molecule has 0 atom stereocenters. The predicted molar refractivity (Wildman–Crippen MR) is 44.5 cm³/mol. The zero-order valence-corrected chi connectivity index (χ0v) is 10.2. The number of carboxylic acid groups (broad SMARTS) is 1. The van der Waals surface area contributed by atoms with Crippen LogP contribution in [0.25, 0.3) is 0 Å². The minimum absolute atomic E-state index is 0. The summed E-state index contributed by atoms with van der Waals surface area (Å²) in [4.78, 5) is 10.5. The summed E-state index contributed by atoms with van der Waals surface area (Å²) in [6, 6.07) is 0. The van der Waals surface area contributed by atoms with Crippen molar-refractivity contribution >= 4 is 31.8 Å². The molecule has 0 aromatic heterocycles. The summed E-state index contributed by atoms with van der Waals surface area (Å²) in [7, 11) is 0. The molecule has 0 aliphatic heterocycles. The van der Waals surface area contributed by atoms with Crippen LogP contribution in [0.1, 0.15) is 32.6 Å². The van der Waals surface area contributed by atoms with Gasteiger partial charge in [-0.05, 0) is 31.6 Å². The number of hydrogen-bond acceptors (Lipinski definition) is 1. The van der Waals surface area contributed by atoms with Crippen LogP contribution in [0.4, 0.5) is 0 Å². The molecule has 2 nitrogen and oxygen atoms in total. The second-order valence-electron chi connectivity index (χ2n) is 3.30. The van der Waals surface area contributed by atoms with Gasteiger partial charge in [-0.3, -0.25) is 4.79 Å². The van der Waals surface area contributed by atoms with Crippen molar-refractivity contribution < 1.29 is 9.90 Å². The van der Waals surface area contributed by atoms with Crippen molar-refractivity contribution in [2.45, 2.75) is 32.6 Å². The van der Waals surface area contributed by atoms with Gasteiger partial charge in [0.05, 0.1) is 5.92 Å². The molecule has 0 bridgehead atoms. The number of aliphatic carboxylic acids is 1. The molecule has 0 amide bonds. The van der Waals surface area contributed by atoms with Gasteiger partial charge in [0.25, 0.3) is 0 Å². The normalized spacial score (nSPS) is 30.6. The van der Waals surface area contributed by atoms with Crippen molar-refractivity contribution in [2.75, 3.05) is 0 Å². The van der Waals surface area contributed by atoms with Crippen LogP contribution in [0.5, 0.6) is 0 Å². The van der Waals surface area contributed by atoms with E-state index in [0.717, 1.165) is 31.6 Å². The van der Waals surface area contributed by atoms with Gasteiger partial charge in [0.1, 0.15) is 0 Å². The Morgan fingerprint density at radius 2 is 1.73 bits per heavy atom. The van der Waals surface area contributed by atoms with Crippen molar-refractivity contribution in [3.8, 4) is 0 Å². The topological polar surface area (TPSA) is 37.3 Å². The molecule has 0 unspecified atom stereocenters. The summed E-state index contributed by atoms with van der Waals surface area (Å²) in [5, 5.41) is 8.62. The fourth-order valence-electron chi connectivity index (χ4n) is 1.51. The summed E-state index contributed by atoms with van der Waals surface area (Å²) in [6.07, 6.45) is 3.96. The van der Waals surface area contributed by atoms with Gasteiger partial charge in [-0.1, -0.05) is 6.92 Å². The van der Waals surface area contributed by atoms with Gasteiger partial charge in [0, 0.05) is 25.8 Å². The van der Waals surface area contributed by atoms with Crippen molar-refractivity contribution in [1.82, 2.24) is 0 Å². The molecular weight excluding hydrogens is 243 g/mol. The fraction of sp³-hybridized carbons (Fsp3) is 0.875. The molecule has 1 rings (SSSR count). The van der Waals surface area contributed by atoms with Crippen LogP contribution < -0.4 is 0 Å². The zero-order chi connectivity index (χ0) is 7.56. The molecule has 11 heavy (non-hydrogen) atoms. The standard InChI is InChI=1S/C8H14O2.In/c1-6-2-4-7(5-3-6)8(9)10;/h6-7H,2-5H2,1H3,(H,9,10);. The van der Waals surface area contributed by atoms with E-state index in [1.807, 2.05) is 0 Å². The fourth-order valence-corrected chi connectivity index (χ4v) is 1.51. The summed E-state index contributed by atoms with van der Waals surface area (Å²) in [6.45, 7) is 2.19. The van der Waals surface area contributed by atoms with E-state index in [0.29, 0.717) is 0 Å². The maximum atomic E-state index is 10.5. The Morgan fingerprint density at radius 1 is 1.27 bits per heavy atom. The van der Waals surface area contributed by atoms with E-state index in [1.54, 1.807) is 0 Å². The number of hydrogen-bond donors (Lipinski definition) is 1. The van der Waals surface area contributed by atoms with Crippen LogP contribution in [0.2, 0.25) is 0 Å². The molecule has 1 aliphatic carbocycles. The third kappa shape index (κ3) is 3.50. The van der Waals surface area contributed by atoms with Gasteiger partial charge >= 0.3 is 5.97 Å². The molecule has 0 aromatic carbocycles. The van der Waals surface area contributed by atoms with Crippen LogP contribution >= 0.6 is 0 Å². The van der Waals surface area contributed by atoms with E-state index in [2.05, 4.69) is 6.92 Å². The van der Waals surface area contributed by atoms with Crippen LogP contribution in [-0.2, 0) is 4.79 Å². The molecule has 0 aromatic rings. The van der Waals surface area contributed by atoms with E-state index in [-0.39, 0.29) is 31.8 Å². The Morgan fingerprint density at radius 3 is 2.09 bits per heavy atom. The minimum Gasteiger partial charge on any atom is -0.481 e. The van der Waals surface area contributed by atoms with Gasteiger partial charge in [-0.25, -0.2) is 0 Å². The zero-order valence-electron chi connectivity index (χ0n) is 6.92. The van der Waals surface area contributed by atoms with Crippen LogP contribution in [0.15, 0.2) is 0 Å². The first-order valence-corrected chi connectivity index (χ1v) is 3.93. The van der Waals surface area contributed by atoms with Crippen molar-refractivity contribution in [3.63, 3.8) is 0 Å². The molecule has 0 spiro atoms. The van der Waals surface area contributed by atoms with Crippen molar-refractivity contribution in [2.24, 2.45) is 11.8 Å². The van der Waals surface area contributed by atoms with Crippen molar-refractivity contribution in [3.05, 3.63) is 0 Å². The molecule has 1 fully saturated rings. The summed E-state index contributed by atoms with van der Waals surface area (Å²) < 4.78 is 0. The largest absolute Gasteiger partial charge is 0.481 e. The number of carbonyl (C=O) groups is 1. The minimum atomic E-state index is -0.605. The Kier molecular flexibility index (Phi) is 5.23. The van der Waals surface area contributed by atoms with E-state index in [1.165, 1.54) is 0 Å². The first-order valence-electron chi connectivity index (χ1n) is 3.93. The Bertz CT molecular complexity index is 128. The smallest absolute Gasteiger partial charge is 0.306 e. The molecule has 1 aliphatic rings. The molecule has 3 radical (unpaired) electrons. The van der Waals surface area contributed by atoms with Crippen LogP contribution in [0.3, 0.4) is 0 Å². The van der Waals surface area contributed by atoms with Crippen LogP contribution in [-0.4, -0.2) is 36.9 Å². The van der Waals surface area contributed by atoms with E-state index >= 15 is 0 Å². The summed E-state index contributed by atoms with van der Waals surface area (Å²) in [5.41, 5.74) is 0. The second kappa shape index (κ2) is 5.07. The maximum absolute atomic E-state index is 10.5. The third-order valence-corrected chi connectivity index (χ3v) is 2.37. The Hall–Kier alpha value is 0.340. The summed E-state index contributed by atoms with van der Waals surface area (Å²) >= 11 is 0. The Balaban J connectivity index is 0.000001000. The predicted octanol–water partition coefficient (Wildman–Crippen LogP) is 1.52. The summed E-state index contributed by atoms with van der Waals surface area (Å²) in [5.74, 6) is 0.0960. The van der Waals surface area contributed by atoms with Gasteiger partial charge in [-0.2, -0.15) is 0 Å². The van der Waals surface area contributed by atoms with Gasteiger partial charge < -0.3 is 5.11 Å². The van der Waals surface area contributed by atoms with Crippen LogP contribution in [0, 0.1) is 11.8 Å². The number of rotatable bonds is 1. The SMILES string of the molecule is CC1CCC(C(=O)O)CC1.[In]. The molecular formula is C8H14InO2. The monoisotopic (exact) mass is 257 g/mol. The van der Waals surface area contributed by atoms with Gasteiger partial charge in [0.2, 0.25) is 0 Å². The Labute approximate surface area is 86.2 Å². The molecule has 3 heteroatoms. The average molecular weight is 257 g/mol. The molecule has 1 N–H and O–H groups in total. The van der Waals surface area contributed by atoms with E-state index in [9.17, 15) is 4.79 Å². The molecule has 0 heterocycles. The van der Waals surface area contributed by atoms with E-state index < -0.39 is 5.97 Å². The average Bonchev–Trinajstić information content (AvgIpc) is 1.88. The van der Waals surface area contributed by atoms with Gasteiger partial charge in [-0.15, -0.1) is 0 Å². The first kappa shape index (κ1) is 11.3.